The lowest BCUT2D eigenvalue weighted by Gasteiger charge is -2.13. The van der Waals surface area contributed by atoms with Gasteiger partial charge in [-0.25, -0.2) is 9.97 Å². The van der Waals surface area contributed by atoms with Gasteiger partial charge in [0, 0.05) is 58.5 Å². The Kier molecular flexibility index (Phi) is 7.73. The van der Waals surface area contributed by atoms with Gasteiger partial charge in [0.15, 0.2) is 5.82 Å². The van der Waals surface area contributed by atoms with Crippen LogP contribution in [0.5, 0.6) is 0 Å². The number of thiophene rings is 1. The summed E-state index contributed by atoms with van der Waals surface area (Å²) in [5, 5.41) is 12.9. The zero-order valence-corrected chi connectivity index (χ0v) is 32.1. The van der Waals surface area contributed by atoms with Crippen molar-refractivity contribution in [2.75, 3.05) is 0 Å². The number of nitrogens with zero attached hydrogens (tertiary/aromatic N) is 3. The maximum Gasteiger partial charge on any atom is 0.160 e. The molecule has 0 aliphatic heterocycles. The molecule has 4 heteroatoms. The summed E-state index contributed by atoms with van der Waals surface area (Å²) in [6.45, 7) is 6.12. The third-order valence-electron chi connectivity index (χ3n) is 11.3. The molecular formula is C53H35N3S. The van der Waals surface area contributed by atoms with Crippen LogP contribution in [0.3, 0.4) is 0 Å². The largest absolute Gasteiger partial charge is 0.309 e. The highest BCUT2D eigenvalue weighted by Gasteiger charge is 2.24. The van der Waals surface area contributed by atoms with Gasteiger partial charge in [0.2, 0.25) is 0 Å². The standard InChI is InChI=1S/C53H35N3S/c1-3-5-17-33(4-2)44-32-45(55-53(54-44)35-18-7-6-8-19-35)34-28-30-36(31-29-34)56-46-27-16-15-26-43(46)47-40-23-12-14-25-42(40)52-49(50(47)56)48-39-22-11-9-20-37(39)38-21-10-13-24-41(38)51(48)57-52/h3-32H,2H2,1H3/b5-3-,33-17+. The number of aromatic nitrogens is 3. The van der Waals surface area contributed by atoms with Crippen LogP contribution in [-0.4, -0.2) is 14.5 Å². The van der Waals surface area contributed by atoms with Crippen molar-refractivity contribution in [3.63, 3.8) is 0 Å². The van der Waals surface area contributed by atoms with E-state index in [0.29, 0.717) is 5.82 Å². The summed E-state index contributed by atoms with van der Waals surface area (Å²) in [5.41, 5.74) is 8.14. The van der Waals surface area contributed by atoms with Crippen molar-refractivity contribution in [3.05, 3.63) is 194 Å². The molecule has 0 N–H and O–H groups in total. The summed E-state index contributed by atoms with van der Waals surface area (Å²) in [4.78, 5) is 10.1. The van der Waals surface area contributed by atoms with Crippen LogP contribution in [0.25, 0.3) is 108 Å². The van der Waals surface area contributed by atoms with Crippen LogP contribution in [0, 0.1) is 0 Å². The highest BCUT2D eigenvalue weighted by atomic mass is 32.1. The van der Waals surface area contributed by atoms with Gasteiger partial charge in [0.1, 0.15) is 0 Å². The van der Waals surface area contributed by atoms with E-state index in [1.54, 1.807) is 0 Å². The average molecular weight is 746 g/mol. The topological polar surface area (TPSA) is 30.7 Å². The van der Waals surface area contributed by atoms with E-state index < -0.39 is 0 Å². The first-order valence-electron chi connectivity index (χ1n) is 19.3. The molecule has 11 rings (SSSR count). The average Bonchev–Trinajstić information content (AvgIpc) is 3.85. The van der Waals surface area contributed by atoms with E-state index in [2.05, 4.69) is 151 Å². The second-order valence-corrected chi connectivity index (χ2v) is 15.5. The molecule has 0 unspecified atom stereocenters. The van der Waals surface area contributed by atoms with E-state index in [9.17, 15) is 0 Å². The first kappa shape index (κ1) is 33.2. The predicted molar refractivity (Wildman–Crippen MR) is 246 cm³/mol. The maximum absolute atomic E-state index is 5.12. The van der Waals surface area contributed by atoms with Crippen molar-refractivity contribution < 1.29 is 0 Å². The quantitative estimate of drug-likeness (QED) is 0.125. The molecule has 11 aromatic rings. The highest BCUT2D eigenvalue weighted by Crippen LogP contribution is 2.51. The Labute approximate surface area is 333 Å². The molecule has 268 valence electrons. The van der Waals surface area contributed by atoms with Crippen LogP contribution in [0.2, 0.25) is 0 Å². The molecule has 0 aliphatic carbocycles. The number of para-hydroxylation sites is 1. The smallest absolute Gasteiger partial charge is 0.160 e. The fourth-order valence-electron chi connectivity index (χ4n) is 8.76. The first-order valence-corrected chi connectivity index (χ1v) is 20.1. The molecule has 0 bridgehead atoms. The van der Waals surface area contributed by atoms with Gasteiger partial charge in [-0.05, 0) is 58.3 Å². The summed E-state index contributed by atoms with van der Waals surface area (Å²) in [5.74, 6) is 0.682. The van der Waals surface area contributed by atoms with Gasteiger partial charge in [-0.15, -0.1) is 11.3 Å². The molecule has 0 spiro atoms. The molecule has 3 heterocycles. The molecule has 0 saturated carbocycles. The lowest BCUT2D eigenvalue weighted by molar-refractivity contribution is 1.15. The van der Waals surface area contributed by atoms with Gasteiger partial charge in [-0.3, -0.25) is 0 Å². The SMILES string of the molecule is C=C/C(=C\C=C/C)c1cc(-c2ccc(-n3c4ccccc4c4c5ccccc5c5sc6c7ccccc7c7ccccc7c6c5c43)cc2)nc(-c2ccccc2)n1. The number of hydrogen-bond acceptors (Lipinski definition) is 3. The number of allylic oxidation sites excluding steroid dienone is 5. The van der Waals surface area contributed by atoms with Gasteiger partial charge >= 0.3 is 0 Å². The Balaban J connectivity index is 1.21. The first-order chi connectivity index (χ1) is 28.2. The monoisotopic (exact) mass is 745 g/mol. The molecule has 3 nitrogen and oxygen atoms in total. The second kappa shape index (κ2) is 13.3. The number of fused-ring (bicyclic) bond motifs is 15. The minimum Gasteiger partial charge on any atom is -0.309 e. The Morgan fingerprint density at radius 2 is 1.14 bits per heavy atom. The number of rotatable bonds is 6. The molecule has 0 atom stereocenters. The second-order valence-electron chi connectivity index (χ2n) is 14.5. The summed E-state index contributed by atoms with van der Waals surface area (Å²) < 4.78 is 5.15. The lowest BCUT2D eigenvalue weighted by Crippen LogP contribution is -1.98. The zero-order valence-electron chi connectivity index (χ0n) is 31.3. The van der Waals surface area contributed by atoms with Gasteiger partial charge in [0.05, 0.1) is 22.4 Å². The van der Waals surface area contributed by atoms with Crippen molar-refractivity contribution in [1.29, 1.82) is 0 Å². The van der Waals surface area contributed by atoms with E-state index in [4.69, 9.17) is 9.97 Å². The van der Waals surface area contributed by atoms with Crippen molar-refractivity contribution in [2.45, 2.75) is 6.92 Å². The molecule has 0 aliphatic rings. The lowest BCUT2D eigenvalue weighted by atomic mass is 9.94. The summed E-state index contributed by atoms with van der Waals surface area (Å²) >= 11 is 1.93. The Morgan fingerprint density at radius 3 is 1.84 bits per heavy atom. The van der Waals surface area contributed by atoms with Gasteiger partial charge in [-0.1, -0.05) is 164 Å². The van der Waals surface area contributed by atoms with Crippen LogP contribution in [0.15, 0.2) is 189 Å². The molecule has 0 radical (unpaired) electrons. The van der Waals surface area contributed by atoms with Crippen LogP contribution in [0.1, 0.15) is 12.6 Å². The van der Waals surface area contributed by atoms with Gasteiger partial charge < -0.3 is 4.57 Å². The highest BCUT2D eigenvalue weighted by molar-refractivity contribution is 7.28. The Morgan fingerprint density at radius 1 is 0.561 bits per heavy atom. The third-order valence-corrected chi connectivity index (χ3v) is 12.5. The van der Waals surface area contributed by atoms with Gasteiger partial charge in [0.25, 0.3) is 0 Å². The van der Waals surface area contributed by atoms with Crippen molar-refractivity contribution in [3.8, 4) is 28.3 Å². The molecule has 0 saturated heterocycles. The van der Waals surface area contributed by atoms with E-state index in [0.717, 1.165) is 33.8 Å². The van der Waals surface area contributed by atoms with Crippen LogP contribution in [0.4, 0.5) is 0 Å². The molecule has 0 amide bonds. The molecular weight excluding hydrogens is 711 g/mol. The van der Waals surface area contributed by atoms with Crippen molar-refractivity contribution in [1.82, 2.24) is 14.5 Å². The predicted octanol–water partition coefficient (Wildman–Crippen LogP) is 14.9. The fraction of sp³-hybridized carbons (Fsp3) is 0.0189. The normalized spacial score (nSPS) is 12.4. The van der Waals surface area contributed by atoms with E-state index in [-0.39, 0.29) is 0 Å². The van der Waals surface area contributed by atoms with Gasteiger partial charge in [-0.2, -0.15) is 0 Å². The minimum absolute atomic E-state index is 0.682. The zero-order chi connectivity index (χ0) is 38.0. The van der Waals surface area contributed by atoms with Crippen LogP contribution < -0.4 is 0 Å². The molecule has 8 aromatic carbocycles. The van der Waals surface area contributed by atoms with Crippen LogP contribution in [-0.2, 0) is 0 Å². The fourth-order valence-corrected chi connectivity index (χ4v) is 10.2. The van der Waals surface area contributed by atoms with Crippen molar-refractivity contribution in [2.24, 2.45) is 0 Å². The molecule has 57 heavy (non-hydrogen) atoms. The molecule has 0 fully saturated rings. The Hall–Kier alpha value is -7.14. The number of hydrogen-bond donors (Lipinski definition) is 0. The number of benzene rings is 8. The molecule has 3 aromatic heterocycles. The van der Waals surface area contributed by atoms with E-state index in [1.807, 2.05) is 60.8 Å². The van der Waals surface area contributed by atoms with Crippen molar-refractivity contribution >= 4 is 91.2 Å². The maximum atomic E-state index is 5.12. The summed E-state index contributed by atoms with van der Waals surface area (Å²) in [6, 6.07) is 56.8. The third kappa shape index (κ3) is 5.11. The summed E-state index contributed by atoms with van der Waals surface area (Å²) in [7, 11) is 0. The van der Waals surface area contributed by atoms with E-state index in [1.165, 1.54) is 74.3 Å². The van der Waals surface area contributed by atoms with Crippen LogP contribution >= 0.6 is 11.3 Å². The Bertz CT molecular complexity index is 3470. The van der Waals surface area contributed by atoms with E-state index >= 15 is 0 Å². The summed E-state index contributed by atoms with van der Waals surface area (Å²) in [6.07, 6.45) is 7.93. The minimum atomic E-state index is 0.682.